The van der Waals surface area contributed by atoms with Crippen molar-refractivity contribution in [2.24, 2.45) is 0 Å². The van der Waals surface area contributed by atoms with Crippen molar-refractivity contribution in [2.75, 3.05) is 18.4 Å². The van der Waals surface area contributed by atoms with Crippen LogP contribution in [-0.2, 0) is 26.0 Å². The summed E-state index contributed by atoms with van der Waals surface area (Å²) < 4.78 is 33.5. The van der Waals surface area contributed by atoms with Crippen LogP contribution in [0.25, 0.3) is 0 Å². The number of nitrogens with one attached hydrogen (secondary N) is 1. The Morgan fingerprint density at radius 2 is 1.88 bits per heavy atom. The molecule has 2 atom stereocenters. The molecule has 0 spiro atoms. The molecule has 0 unspecified atom stereocenters. The molecule has 3 aliphatic rings. The van der Waals surface area contributed by atoms with Crippen LogP contribution in [0.15, 0.2) is 47.4 Å². The fraction of sp³-hybridized carbons (Fsp3) is 0.391. The fourth-order valence-electron chi connectivity index (χ4n) is 5.11. The van der Waals surface area contributed by atoms with Gasteiger partial charge in [-0.3, -0.25) is 9.69 Å². The predicted octanol–water partition coefficient (Wildman–Crippen LogP) is 3.57. The highest BCUT2D eigenvalue weighted by atomic mass is 35.5. The minimum atomic E-state index is -3.75. The van der Waals surface area contributed by atoms with Crippen LogP contribution in [0.2, 0.25) is 5.02 Å². The lowest BCUT2D eigenvalue weighted by molar-refractivity contribution is -0.114. The van der Waals surface area contributed by atoms with E-state index in [2.05, 4.69) is 11.4 Å². The molecule has 33 heavy (non-hydrogen) atoms. The summed E-state index contributed by atoms with van der Waals surface area (Å²) in [5.41, 5.74) is 2.68. The first kappa shape index (κ1) is 22.2. The van der Waals surface area contributed by atoms with E-state index < -0.39 is 10.0 Å². The van der Waals surface area contributed by atoms with Crippen LogP contribution in [0.4, 0.5) is 10.5 Å². The maximum absolute atomic E-state index is 13.2. The van der Waals surface area contributed by atoms with Crippen molar-refractivity contribution < 1.29 is 22.7 Å². The number of ether oxygens (including phenoxy) is 1. The van der Waals surface area contributed by atoms with E-state index in [-0.39, 0.29) is 40.1 Å². The predicted molar refractivity (Wildman–Crippen MR) is 123 cm³/mol. The van der Waals surface area contributed by atoms with Crippen LogP contribution in [0.1, 0.15) is 36.9 Å². The lowest BCUT2D eigenvalue weighted by Crippen LogP contribution is -2.47. The molecule has 1 N–H and O–H groups in total. The Hall–Kier alpha value is -2.62. The summed E-state index contributed by atoms with van der Waals surface area (Å²) >= 11 is 6.18. The third kappa shape index (κ3) is 3.88. The Morgan fingerprint density at radius 3 is 2.58 bits per heavy atom. The first-order valence-electron chi connectivity index (χ1n) is 10.9. The minimum Gasteiger partial charge on any atom is -0.443 e. The van der Waals surface area contributed by atoms with Gasteiger partial charge in [0.1, 0.15) is 6.10 Å². The van der Waals surface area contributed by atoms with Gasteiger partial charge in [0.25, 0.3) is 0 Å². The molecular formula is C23H24ClN3O5S. The Morgan fingerprint density at radius 1 is 1.15 bits per heavy atom. The Kier molecular flexibility index (Phi) is 5.58. The maximum atomic E-state index is 13.2. The van der Waals surface area contributed by atoms with Gasteiger partial charge in [0.2, 0.25) is 15.9 Å². The second kappa shape index (κ2) is 8.30. The SMILES string of the molecule is CC(=O)Nc1ccc(S(=O)(=O)N2CCC(N3C(=O)O[C@H]4Cc5ccccc5[C@H]43)CC2)cc1Cl. The number of carbonyl (C=O) groups is 2. The number of piperidine rings is 1. The number of hydrogen-bond donors (Lipinski definition) is 1. The van der Waals surface area contributed by atoms with Crippen LogP contribution in [0.5, 0.6) is 0 Å². The van der Waals surface area contributed by atoms with Crippen LogP contribution >= 0.6 is 11.6 Å². The summed E-state index contributed by atoms with van der Waals surface area (Å²) in [5.74, 6) is -0.290. The molecule has 0 bridgehead atoms. The Labute approximate surface area is 197 Å². The highest BCUT2D eigenvalue weighted by Gasteiger charge is 2.50. The molecule has 5 rings (SSSR count). The molecule has 2 fully saturated rings. The number of carbonyl (C=O) groups excluding carboxylic acids is 2. The molecule has 2 heterocycles. The standard InChI is InChI=1S/C23H24ClN3O5S/c1-14(28)25-20-7-6-17(13-19(20)24)33(30,31)26-10-8-16(9-11-26)27-22-18-5-3-2-4-15(18)12-21(22)32-23(27)29/h2-7,13,16,21-22H,8-12H2,1H3,(H,25,28)/t21-,22+/m0/s1. The molecule has 0 saturated carbocycles. The molecule has 2 aromatic rings. The van der Waals surface area contributed by atoms with Crippen molar-refractivity contribution in [1.29, 1.82) is 0 Å². The van der Waals surface area contributed by atoms with Crippen LogP contribution in [0, 0.1) is 0 Å². The second-order valence-corrected chi connectivity index (χ2v) is 11.0. The van der Waals surface area contributed by atoms with Gasteiger partial charge in [-0.15, -0.1) is 0 Å². The molecule has 10 heteroatoms. The average Bonchev–Trinajstić information content (AvgIpc) is 3.29. The molecule has 174 valence electrons. The molecule has 0 aromatic heterocycles. The third-order valence-electron chi connectivity index (χ3n) is 6.62. The van der Waals surface area contributed by atoms with Crippen molar-refractivity contribution >= 4 is 39.3 Å². The lowest BCUT2D eigenvalue weighted by atomic mass is 10.00. The van der Waals surface area contributed by atoms with Gasteiger partial charge in [0.15, 0.2) is 0 Å². The van der Waals surface area contributed by atoms with Crippen LogP contribution < -0.4 is 5.32 Å². The number of anilines is 1. The molecule has 2 saturated heterocycles. The van der Waals surface area contributed by atoms with E-state index in [0.717, 1.165) is 5.56 Å². The van der Waals surface area contributed by atoms with E-state index >= 15 is 0 Å². The fourth-order valence-corrected chi connectivity index (χ4v) is 6.90. The van der Waals surface area contributed by atoms with Crippen molar-refractivity contribution in [1.82, 2.24) is 9.21 Å². The zero-order valence-corrected chi connectivity index (χ0v) is 19.6. The summed E-state index contributed by atoms with van der Waals surface area (Å²) in [6.45, 7) is 1.94. The molecule has 0 radical (unpaired) electrons. The van der Waals surface area contributed by atoms with Crippen molar-refractivity contribution in [3.05, 3.63) is 58.6 Å². The van der Waals surface area contributed by atoms with Gasteiger partial charge in [-0.1, -0.05) is 35.9 Å². The van der Waals surface area contributed by atoms with Gasteiger partial charge in [-0.05, 0) is 42.2 Å². The maximum Gasteiger partial charge on any atom is 0.411 e. The quantitative estimate of drug-likeness (QED) is 0.708. The Balaban J connectivity index is 1.30. The van der Waals surface area contributed by atoms with Gasteiger partial charge in [0, 0.05) is 32.5 Å². The Bertz CT molecular complexity index is 1230. The van der Waals surface area contributed by atoms with Gasteiger partial charge in [0.05, 0.1) is 21.6 Å². The number of hydrogen-bond acceptors (Lipinski definition) is 5. The first-order chi connectivity index (χ1) is 15.8. The second-order valence-electron chi connectivity index (χ2n) is 8.64. The van der Waals surface area contributed by atoms with Gasteiger partial charge in [-0.25, -0.2) is 13.2 Å². The van der Waals surface area contributed by atoms with E-state index in [1.54, 1.807) is 0 Å². The number of nitrogens with zero attached hydrogens (tertiary/aromatic N) is 2. The summed E-state index contributed by atoms with van der Waals surface area (Å²) in [6.07, 6.45) is 1.27. The number of amides is 2. The van der Waals surface area contributed by atoms with Gasteiger partial charge in [-0.2, -0.15) is 4.31 Å². The number of benzene rings is 2. The zero-order valence-electron chi connectivity index (χ0n) is 18.0. The van der Waals surface area contributed by atoms with Gasteiger partial charge >= 0.3 is 6.09 Å². The first-order valence-corrected chi connectivity index (χ1v) is 12.7. The summed E-state index contributed by atoms with van der Waals surface area (Å²) in [7, 11) is -3.75. The molecule has 2 aromatic carbocycles. The van der Waals surface area contributed by atoms with E-state index in [0.29, 0.717) is 38.0 Å². The molecule has 2 aliphatic heterocycles. The van der Waals surface area contributed by atoms with Crippen molar-refractivity contribution in [2.45, 2.75) is 49.3 Å². The van der Waals surface area contributed by atoms with Crippen LogP contribution in [0.3, 0.4) is 0 Å². The average molecular weight is 490 g/mol. The van der Waals surface area contributed by atoms with Crippen molar-refractivity contribution in [3.8, 4) is 0 Å². The molecule has 1 aliphatic carbocycles. The number of sulfonamides is 1. The monoisotopic (exact) mass is 489 g/mol. The largest absolute Gasteiger partial charge is 0.443 e. The number of fused-ring (bicyclic) bond motifs is 3. The molecule has 8 nitrogen and oxygen atoms in total. The summed E-state index contributed by atoms with van der Waals surface area (Å²) in [6, 6.07) is 12.2. The smallest absolute Gasteiger partial charge is 0.411 e. The number of rotatable bonds is 4. The van der Waals surface area contributed by atoms with Crippen molar-refractivity contribution in [3.63, 3.8) is 0 Å². The third-order valence-corrected chi connectivity index (χ3v) is 8.82. The summed E-state index contributed by atoms with van der Waals surface area (Å²) in [5, 5.41) is 2.73. The lowest BCUT2D eigenvalue weighted by Gasteiger charge is -2.37. The van der Waals surface area contributed by atoms with E-state index in [1.807, 2.05) is 23.1 Å². The van der Waals surface area contributed by atoms with Gasteiger partial charge < -0.3 is 10.1 Å². The minimum absolute atomic E-state index is 0.0745. The highest BCUT2D eigenvalue weighted by Crippen LogP contribution is 2.45. The topological polar surface area (TPSA) is 96.0 Å². The normalized spacial score (nSPS) is 23.2. The number of halogens is 1. The summed E-state index contributed by atoms with van der Waals surface area (Å²) in [4.78, 5) is 25.8. The van der Waals surface area contributed by atoms with Crippen LogP contribution in [-0.4, -0.2) is 54.9 Å². The highest BCUT2D eigenvalue weighted by molar-refractivity contribution is 7.89. The zero-order chi connectivity index (χ0) is 23.3. The molecular weight excluding hydrogens is 466 g/mol. The van der Waals surface area contributed by atoms with E-state index in [4.69, 9.17) is 16.3 Å². The molecule has 2 amide bonds. The van der Waals surface area contributed by atoms with E-state index in [1.165, 1.54) is 35.0 Å². The van der Waals surface area contributed by atoms with E-state index in [9.17, 15) is 18.0 Å².